The summed E-state index contributed by atoms with van der Waals surface area (Å²) in [6.45, 7) is 2.29. The second-order valence-electron chi connectivity index (χ2n) is 5.15. The Morgan fingerprint density at radius 1 is 1.24 bits per heavy atom. The SMILES string of the molecule is CCOc1ccc2c(C(=O)Nc3ccc(F)c(Cl)c3)cc(=O)oc2c1. The molecule has 0 radical (unpaired) electrons. The van der Waals surface area contributed by atoms with Gasteiger partial charge in [0.2, 0.25) is 0 Å². The second-order valence-corrected chi connectivity index (χ2v) is 5.56. The van der Waals surface area contributed by atoms with Crippen molar-refractivity contribution in [2.45, 2.75) is 6.92 Å². The van der Waals surface area contributed by atoms with Crippen molar-refractivity contribution in [3.63, 3.8) is 0 Å². The van der Waals surface area contributed by atoms with Gasteiger partial charge in [-0.05, 0) is 37.3 Å². The largest absolute Gasteiger partial charge is 0.494 e. The van der Waals surface area contributed by atoms with Crippen molar-refractivity contribution in [1.29, 1.82) is 0 Å². The normalized spacial score (nSPS) is 10.7. The number of hydrogen-bond acceptors (Lipinski definition) is 4. The number of nitrogens with one attached hydrogen (secondary N) is 1. The first-order valence-corrected chi connectivity index (χ1v) is 7.83. The number of amides is 1. The average Bonchev–Trinajstić information content (AvgIpc) is 2.57. The van der Waals surface area contributed by atoms with Gasteiger partial charge in [-0.15, -0.1) is 0 Å². The molecule has 5 nitrogen and oxygen atoms in total. The Balaban J connectivity index is 2.00. The molecule has 0 fully saturated rings. The first-order chi connectivity index (χ1) is 12.0. The van der Waals surface area contributed by atoms with Crippen LogP contribution in [0.15, 0.2) is 51.7 Å². The predicted molar refractivity (Wildman–Crippen MR) is 93.0 cm³/mol. The molecular weight excluding hydrogens is 349 g/mol. The molecule has 1 heterocycles. The van der Waals surface area contributed by atoms with Gasteiger partial charge in [0.15, 0.2) is 0 Å². The number of anilines is 1. The minimum atomic E-state index is -0.663. The van der Waals surface area contributed by atoms with Crippen LogP contribution in [0, 0.1) is 5.82 Å². The van der Waals surface area contributed by atoms with Gasteiger partial charge in [0, 0.05) is 23.2 Å². The molecule has 25 heavy (non-hydrogen) atoms. The molecule has 1 amide bonds. The van der Waals surface area contributed by atoms with E-state index in [4.69, 9.17) is 20.8 Å². The number of fused-ring (bicyclic) bond motifs is 1. The maximum absolute atomic E-state index is 13.2. The minimum absolute atomic E-state index is 0.114. The highest BCUT2D eigenvalue weighted by atomic mass is 35.5. The van der Waals surface area contributed by atoms with Crippen LogP contribution >= 0.6 is 11.6 Å². The number of hydrogen-bond donors (Lipinski definition) is 1. The highest BCUT2D eigenvalue weighted by Crippen LogP contribution is 2.24. The molecule has 0 atom stereocenters. The number of rotatable bonds is 4. The molecule has 0 aliphatic heterocycles. The number of carbonyl (C=O) groups excluding carboxylic acids is 1. The van der Waals surface area contributed by atoms with Crippen LogP contribution in [0.25, 0.3) is 11.0 Å². The van der Waals surface area contributed by atoms with Crippen LogP contribution in [-0.2, 0) is 0 Å². The highest BCUT2D eigenvalue weighted by Gasteiger charge is 2.15. The summed E-state index contributed by atoms with van der Waals surface area (Å²) in [7, 11) is 0. The smallest absolute Gasteiger partial charge is 0.337 e. The fourth-order valence-corrected chi connectivity index (χ4v) is 2.54. The fraction of sp³-hybridized carbons (Fsp3) is 0.111. The molecule has 1 N–H and O–H groups in total. The molecule has 0 aliphatic carbocycles. The summed E-state index contributed by atoms with van der Waals surface area (Å²) < 4.78 is 23.7. The van der Waals surface area contributed by atoms with Gasteiger partial charge in [0.1, 0.15) is 17.1 Å². The van der Waals surface area contributed by atoms with Gasteiger partial charge in [-0.1, -0.05) is 11.6 Å². The Kier molecular flexibility index (Phi) is 4.72. The van der Waals surface area contributed by atoms with E-state index in [1.54, 1.807) is 18.2 Å². The Hall–Kier alpha value is -2.86. The van der Waals surface area contributed by atoms with Crippen LogP contribution in [0.4, 0.5) is 10.1 Å². The van der Waals surface area contributed by atoms with Crippen LogP contribution < -0.4 is 15.7 Å². The molecule has 3 aromatic rings. The Morgan fingerprint density at radius 3 is 2.76 bits per heavy atom. The first kappa shape index (κ1) is 17.0. The van der Waals surface area contributed by atoms with Gasteiger partial charge in [-0.3, -0.25) is 4.79 Å². The molecule has 1 aromatic heterocycles. The van der Waals surface area contributed by atoms with Gasteiger partial charge in [0.25, 0.3) is 5.91 Å². The monoisotopic (exact) mass is 361 g/mol. The lowest BCUT2D eigenvalue weighted by molar-refractivity contribution is 0.102. The van der Waals surface area contributed by atoms with Gasteiger partial charge < -0.3 is 14.5 Å². The number of benzene rings is 2. The summed E-state index contributed by atoms with van der Waals surface area (Å²) in [6, 6.07) is 9.77. The van der Waals surface area contributed by atoms with E-state index in [1.807, 2.05) is 6.92 Å². The van der Waals surface area contributed by atoms with E-state index < -0.39 is 17.3 Å². The van der Waals surface area contributed by atoms with E-state index in [2.05, 4.69) is 5.32 Å². The van der Waals surface area contributed by atoms with E-state index in [9.17, 15) is 14.0 Å². The third kappa shape index (κ3) is 3.64. The molecule has 128 valence electrons. The third-order valence-corrected chi connectivity index (χ3v) is 3.74. The predicted octanol–water partition coefficient (Wildman–Crippen LogP) is 4.24. The lowest BCUT2D eigenvalue weighted by atomic mass is 10.1. The minimum Gasteiger partial charge on any atom is -0.494 e. The van der Waals surface area contributed by atoms with Crippen molar-refractivity contribution in [2.75, 3.05) is 11.9 Å². The van der Waals surface area contributed by atoms with Gasteiger partial charge in [-0.2, -0.15) is 0 Å². The summed E-state index contributed by atoms with van der Waals surface area (Å²) in [5, 5.41) is 2.92. The summed E-state index contributed by atoms with van der Waals surface area (Å²) in [4.78, 5) is 24.3. The summed E-state index contributed by atoms with van der Waals surface area (Å²) >= 11 is 5.71. The lowest BCUT2D eigenvalue weighted by Gasteiger charge is -2.09. The number of halogens is 2. The molecule has 0 spiro atoms. The summed E-state index contributed by atoms with van der Waals surface area (Å²) in [5.74, 6) is -0.598. The fourth-order valence-electron chi connectivity index (χ4n) is 2.36. The Labute approximate surface area is 147 Å². The Morgan fingerprint density at radius 2 is 2.04 bits per heavy atom. The number of carbonyl (C=O) groups is 1. The van der Waals surface area contributed by atoms with Crippen molar-refractivity contribution < 1.29 is 18.3 Å². The number of ether oxygens (including phenoxy) is 1. The van der Waals surface area contributed by atoms with Crippen LogP contribution in [0.1, 0.15) is 17.3 Å². The van der Waals surface area contributed by atoms with E-state index in [0.717, 1.165) is 12.1 Å². The van der Waals surface area contributed by atoms with Crippen LogP contribution in [0.3, 0.4) is 0 Å². The summed E-state index contributed by atoms with van der Waals surface area (Å²) in [5.41, 5.74) is 0.0163. The molecule has 0 aliphatic rings. The van der Waals surface area contributed by atoms with Crippen molar-refractivity contribution in [1.82, 2.24) is 0 Å². The van der Waals surface area contributed by atoms with Gasteiger partial charge in [0.05, 0.1) is 17.2 Å². The van der Waals surface area contributed by atoms with Crippen LogP contribution in [0.2, 0.25) is 5.02 Å². The molecule has 0 saturated heterocycles. The zero-order valence-electron chi connectivity index (χ0n) is 13.1. The second kappa shape index (κ2) is 6.94. The molecule has 3 rings (SSSR count). The van der Waals surface area contributed by atoms with Crippen LogP contribution in [-0.4, -0.2) is 12.5 Å². The zero-order chi connectivity index (χ0) is 18.0. The van der Waals surface area contributed by atoms with E-state index >= 15 is 0 Å². The molecular formula is C18H13ClFNO4. The van der Waals surface area contributed by atoms with Gasteiger partial charge in [-0.25, -0.2) is 9.18 Å². The zero-order valence-corrected chi connectivity index (χ0v) is 13.9. The molecule has 2 aromatic carbocycles. The van der Waals surface area contributed by atoms with Crippen molar-refractivity contribution in [2.24, 2.45) is 0 Å². The Bertz CT molecular complexity index is 1020. The summed E-state index contributed by atoms with van der Waals surface area (Å²) in [6.07, 6.45) is 0. The van der Waals surface area contributed by atoms with Crippen molar-refractivity contribution in [3.05, 3.63) is 69.3 Å². The van der Waals surface area contributed by atoms with E-state index in [-0.39, 0.29) is 16.2 Å². The quantitative estimate of drug-likeness (QED) is 0.706. The highest BCUT2D eigenvalue weighted by molar-refractivity contribution is 6.31. The third-order valence-electron chi connectivity index (χ3n) is 3.45. The van der Waals surface area contributed by atoms with E-state index in [1.165, 1.54) is 12.1 Å². The first-order valence-electron chi connectivity index (χ1n) is 7.45. The maximum atomic E-state index is 13.2. The van der Waals surface area contributed by atoms with Crippen molar-refractivity contribution in [3.8, 4) is 5.75 Å². The van der Waals surface area contributed by atoms with Crippen LogP contribution in [0.5, 0.6) is 5.75 Å². The molecule has 0 unspecified atom stereocenters. The maximum Gasteiger partial charge on any atom is 0.337 e. The molecule has 7 heteroatoms. The topological polar surface area (TPSA) is 68.5 Å². The van der Waals surface area contributed by atoms with Gasteiger partial charge >= 0.3 is 5.63 Å². The molecule has 0 bridgehead atoms. The van der Waals surface area contributed by atoms with E-state index in [0.29, 0.717) is 23.4 Å². The van der Waals surface area contributed by atoms with Crippen molar-refractivity contribution >= 4 is 34.2 Å². The average molecular weight is 362 g/mol. The lowest BCUT2D eigenvalue weighted by Crippen LogP contribution is -2.15. The molecule has 0 saturated carbocycles. The standard InChI is InChI=1S/C18H13ClFNO4/c1-2-24-11-4-5-12-13(9-17(22)25-16(12)8-11)18(23)21-10-3-6-15(20)14(19)7-10/h3-9H,2H2,1H3,(H,21,23).